The van der Waals surface area contributed by atoms with Crippen LogP contribution in [0.2, 0.25) is 5.02 Å². The molecule has 0 spiro atoms. The number of fused-ring (bicyclic) bond motifs is 1. The molecule has 0 bridgehead atoms. The van der Waals surface area contributed by atoms with Crippen LogP contribution in [0.5, 0.6) is 0 Å². The Morgan fingerprint density at radius 2 is 2.07 bits per heavy atom. The summed E-state index contributed by atoms with van der Waals surface area (Å²) in [5.41, 5.74) is 3.61. The zero-order valence-corrected chi connectivity index (χ0v) is 17.5. The maximum absolute atomic E-state index is 12.3. The Labute approximate surface area is 173 Å². The summed E-state index contributed by atoms with van der Waals surface area (Å²) in [4.78, 5) is 16.8. The Hall–Kier alpha value is -2.02. The van der Waals surface area contributed by atoms with Crippen LogP contribution < -0.4 is 10.6 Å². The van der Waals surface area contributed by atoms with E-state index in [9.17, 15) is 4.79 Å². The lowest BCUT2D eigenvalue weighted by Crippen LogP contribution is -2.34. The van der Waals surface area contributed by atoms with Crippen LogP contribution in [0.3, 0.4) is 0 Å². The molecular weight excluding hydrogens is 398 g/mol. The minimum absolute atomic E-state index is 0.210. The molecule has 0 atom stereocenters. The largest absolute Gasteiger partial charge is 0.308 e. The molecule has 3 rings (SSSR count). The van der Waals surface area contributed by atoms with Gasteiger partial charge in [0, 0.05) is 10.6 Å². The van der Waals surface area contributed by atoms with E-state index >= 15 is 0 Å². The topological polar surface area (TPSA) is 54.0 Å². The minimum atomic E-state index is -0.308. The van der Waals surface area contributed by atoms with Crippen LogP contribution in [0.15, 0.2) is 36.4 Å². The van der Waals surface area contributed by atoms with Gasteiger partial charge in [-0.05, 0) is 67.4 Å². The van der Waals surface area contributed by atoms with Crippen molar-refractivity contribution < 1.29 is 4.79 Å². The summed E-state index contributed by atoms with van der Waals surface area (Å²) in [7, 11) is 0. The van der Waals surface area contributed by atoms with Crippen LogP contribution in [0, 0.1) is 6.92 Å². The van der Waals surface area contributed by atoms with E-state index in [1.54, 1.807) is 18.2 Å². The third-order valence-electron chi connectivity index (χ3n) is 4.15. The molecule has 1 heterocycles. The number of carbonyl (C=O) groups is 1. The molecule has 1 amide bonds. The molecule has 0 saturated carbocycles. The summed E-state index contributed by atoms with van der Waals surface area (Å²) in [6, 6.07) is 11.5. The van der Waals surface area contributed by atoms with Gasteiger partial charge in [-0.25, -0.2) is 4.98 Å². The predicted octanol–water partition coefficient (Wildman–Crippen LogP) is 5.73. The van der Waals surface area contributed by atoms with Gasteiger partial charge in [-0.15, -0.1) is 0 Å². The highest BCUT2D eigenvalue weighted by molar-refractivity contribution is 7.80. The molecule has 3 aromatic rings. The first-order valence-corrected chi connectivity index (χ1v) is 10.3. The molecule has 0 radical (unpaired) electrons. The number of benzene rings is 2. The van der Waals surface area contributed by atoms with E-state index in [1.807, 2.05) is 13.0 Å². The van der Waals surface area contributed by atoms with Crippen LogP contribution in [0.1, 0.15) is 41.3 Å². The van der Waals surface area contributed by atoms with Gasteiger partial charge in [0.05, 0.1) is 10.2 Å². The highest BCUT2D eigenvalue weighted by Gasteiger charge is 2.11. The maximum Gasteiger partial charge on any atom is 0.257 e. The van der Waals surface area contributed by atoms with Gasteiger partial charge < -0.3 is 5.32 Å². The van der Waals surface area contributed by atoms with E-state index < -0.39 is 0 Å². The molecule has 0 aliphatic rings. The van der Waals surface area contributed by atoms with Crippen LogP contribution in [0.4, 0.5) is 5.13 Å². The number of nitrogens with one attached hydrogen (secondary N) is 2. The number of thiocarbonyl (C=S) groups is 1. The lowest BCUT2D eigenvalue weighted by atomic mass is 10.1. The van der Waals surface area contributed by atoms with Crippen LogP contribution in [-0.2, 0) is 6.42 Å². The van der Waals surface area contributed by atoms with Crippen molar-refractivity contribution in [2.75, 3.05) is 5.32 Å². The Bertz CT molecular complexity index is 1000. The Balaban J connectivity index is 1.66. The van der Waals surface area contributed by atoms with Crippen molar-refractivity contribution in [2.45, 2.75) is 33.1 Å². The Morgan fingerprint density at radius 1 is 1.26 bits per heavy atom. The number of halogens is 1. The molecule has 0 unspecified atom stereocenters. The zero-order chi connectivity index (χ0) is 19.4. The van der Waals surface area contributed by atoms with Crippen molar-refractivity contribution in [3.05, 3.63) is 58.1 Å². The number of thiazole rings is 1. The van der Waals surface area contributed by atoms with Gasteiger partial charge in [0.25, 0.3) is 5.91 Å². The normalized spacial score (nSPS) is 10.8. The lowest BCUT2D eigenvalue weighted by Gasteiger charge is -2.08. The van der Waals surface area contributed by atoms with Crippen molar-refractivity contribution in [1.82, 2.24) is 10.3 Å². The summed E-state index contributed by atoms with van der Waals surface area (Å²) < 4.78 is 1.10. The smallest absolute Gasteiger partial charge is 0.257 e. The van der Waals surface area contributed by atoms with E-state index in [0.717, 1.165) is 22.2 Å². The number of amides is 1. The molecule has 0 fully saturated rings. The zero-order valence-electron chi connectivity index (χ0n) is 15.1. The number of carbonyl (C=O) groups excluding carboxylic acids is 1. The SMILES string of the molecule is CCCCc1ccc2nc(NC(=S)NC(=O)c3ccc(C)c(Cl)c3)sc2c1. The van der Waals surface area contributed by atoms with E-state index in [4.69, 9.17) is 23.8 Å². The molecule has 2 aromatic carbocycles. The minimum Gasteiger partial charge on any atom is -0.308 e. The highest BCUT2D eigenvalue weighted by atomic mass is 35.5. The lowest BCUT2D eigenvalue weighted by molar-refractivity contribution is 0.0977. The number of unbranched alkanes of at least 4 members (excludes halogenated alkanes) is 1. The van der Waals surface area contributed by atoms with Gasteiger partial charge in [-0.2, -0.15) is 0 Å². The number of hydrogen-bond acceptors (Lipinski definition) is 4. The van der Waals surface area contributed by atoms with E-state index in [1.165, 1.54) is 29.7 Å². The number of nitrogens with zero attached hydrogens (tertiary/aromatic N) is 1. The summed E-state index contributed by atoms with van der Waals surface area (Å²) in [6.07, 6.45) is 3.42. The van der Waals surface area contributed by atoms with Gasteiger partial charge in [-0.3, -0.25) is 10.1 Å². The van der Waals surface area contributed by atoms with Gasteiger partial charge in [0.15, 0.2) is 10.2 Å². The quantitative estimate of drug-likeness (QED) is 0.520. The third-order valence-corrected chi connectivity index (χ3v) is 5.70. The van der Waals surface area contributed by atoms with Crippen molar-refractivity contribution in [3.63, 3.8) is 0 Å². The van der Waals surface area contributed by atoms with Gasteiger partial charge in [0.2, 0.25) is 0 Å². The summed E-state index contributed by atoms with van der Waals surface area (Å²) in [6.45, 7) is 4.07. The second kappa shape index (κ2) is 8.78. The van der Waals surface area contributed by atoms with E-state index in [2.05, 4.69) is 34.7 Å². The molecule has 0 saturated heterocycles. The molecule has 4 nitrogen and oxygen atoms in total. The summed E-state index contributed by atoms with van der Waals surface area (Å²) in [5.74, 6) is -0.308. The second-order valence-electron chi connectivity index (χ2n) is 6.30. The average molecular weight is 418 g/mol. The van der Waals surface area contributed by atoms with Crippen molar-refractivity contribution in [1.29, 1.82) is 0 Å². The fourth-order valence-corrected chi connectivity index (χ4v) is 3.97. The van der Waals surface area contributed by atoms with Crippen molar-refractivity contribution >= 4 is 61.5 Å². The summed E-state index contributed by atoms with van der Waals surface area (Å²) >= 11 is 12.8. The van der Waals surface area contributed by atoms with E-state index in [-0.39, 0.29) is 11.0 Å². The fraction of sp³-hybridized carbons (Fsp3) is 0.250. The molecular formula is C20H20ClN3OS2. The van der Waals surface area contributed by atoms with Gasteiger partial charge >= 0.3 is 0 Å². The number of aromatic nitrogens is 1. The first-order chi connectivity index (χ1) is 13.0. The predicted molar refractivity (Wildman–Crippen MR) is 118 cm³/mol. The average Bonchev–Trinajstić information content (AvgIpc) is 3.03. The van der Waals surface area contributed by atoms with Gasteiger partial charge in [-0.1, -0.05) is 48.4 Å². The molecule has 7 heteroatoms. The molecule has 0 aliphatic carbocycles. The molecule has 2 N–H and O–H groups in total. The van der Waals surface area contributed by atoms with Crippen LogP contribution >= 0.6 is 35.2 Å². The van der Waals surface area contributed by atoms with Crippen molar-refractivity contribution in [3.8, 4) is 0 Å². The first kappa shape index (κ1) is 19.7. The van der Waals surface area contributed by atoms with Crippen LogP contribution in [0.25, 0.3) is 10.2 Å². The van der Waals surface area contributed by atoms with E-state index in [0.29, 0.717) is 15.7 Å². The number of aryl methyl sites for hydroxylation is 2. The number of hydrogen-bond donors (Lipinski definition) is 2. The molecule has 27 heavy (non-hydrogen) atoms. The molecule has 0 aliphatic heterocycles. The Morgan fingerprint density at radius 3 is 2.81 bits per heavy atom. The standard InChI is InChI=1S/C20H20ClN3OS2/c1-3-4-5-13-7-9-16-17(10-13)27-20(22-16)24-19(26)23-18(25)14-8-6-12(2)15(21)11-14/h6-11H,3-5H2,1-2H3,(H2,22,23,24,25,26). The number of rotatable bonds is 5. The fourth-order valence-electron chi connectivity index (χ4n) is 2.60. The summed E-state index contributed by atoms with van der Waals surface area (Å²) in [5, 5.41) is 7.07. The Kier molecular flexibility index (Phi) is 6.42. The first-order valence-electron chi connectivity index (χ1n) is 8.74. The molecule has 140 valence electrons. The highest BCUT2D eigenvalue weighted by Crippen LogP contribution is 2.27. The second-order valence-corrected chi connectivity index (χ2v) is 8.14. The van der Waals surface area contributed by atoms with Crippen molar-refractivity contribution in [2.24, 2.45) is 0 Å². The van der Waals surface area contributed by atoms with Gasteiger partial charge in [0.1, 0.15) is 0 Å². The number of anilines is 1. The monoisotopic (exact) mass is 417 g/mol. The maximum atomic E-state index is 12.3. The van der Waals surface area contributed by atoms with Crippen LogP contribution in [-0.4, -0.2) is 16.0 Å². The molecule has 1 aromatic heterocycles. The third kappa shape index (κ3) is 5.03.